The third kappa shape index (κ3) is 4.21. The van der Waals surface area contributed by atoms with Crippen LogP contribution in [-0.4, -0.2) is 60.8 Å². The highest BCUT2D eigenvalue weighted by atomic mass is 16.2. The molecule has 1 spiro atoms. The molecule has 2 heterocycles. The summed E-state index contributed by atoms with van der Waals surface area (Å²) < 4.78 is 0. The fraction of sp³-hybridized carbons (Fsp3) is 0.708. The molecule has 3 N–H and O–H groups in total. The first-order valence-corrected chi connectivity index (χ1v) is 11.4. The number of aliphatic hydroxyl groups is 1. The Kier molecular flexibility index (Phi) is 8.66. The Morgan fingerprint density at radius 2 is 1.61 bits per heavy atom. The molecule has 1 saturated heterocycles. The van der Waals surface area contributed by atoms with Gasteiger partial charge < -0.3 is 15.7 Å². The summed E-state index contributed by atoms with van der Waals surface area (Å²) in [7, 11) is 0. The van der Waals surface area contributed by atoms with Gasteiger partial charge in [0.05, 0.1) is 23.4 Å². The molecule has 7 heteroatoms. The van der Waals surface area contributed by atoms with Crippen molar-refractivity contribution >= 4 is 0 Å². The van der Waals surface area contributed by atoms with Crippen LogP contribution in [0.5, 0.6) is 0 Å². The summed E-state index contributed by atoms with van der Waals surface area (Å²) in [6, 6.07) is 6.85. The average molecular weight is 425 g/mol. The number of likely N-dealkylation sites (tertiary alicyclic amines) is 1. The maximum Gasteiger partial charge on any atom is 0.190 e. The zero-order chi connectivity index (χ0) is 23.1. The summed E-state index contributed by atoms with van der Waals surface area (Å²) in [6.45, 7) is 11.6. The largest absolute Gasteiger partial charge is 0.399 e. The number of nitrogens with zero attached hydrogens (tertiary/aromatic N) is 5. The van der Waals surface area contributed by atoms with Crippen LogP contribution in [-0.2, 0) is 0 Å². The van der Waals surface area contributed by atoms with Gasteiger partial charge in [-0.2, -0.15) is 15.8 Å². The molecule has 0 bridgehead atoms. The quantitative estimate of drug-likeness (QED) is 0.710. The van der Waals surface area contributed by atoms with Gasteiger partial charge in [0, 0.05) is 31.0 Å². The van der Waals surface area contributed by atoms with Crippen LogP contribution in [0.25, 0.3) is 0 Å². The van der Waals surface area contributed by atoms with Gasteiger partial charge in [-0.05, 0) is 64.4 Å². The molecule has 7 nitrogen and oxygen atoms in total. The Balaban J connectivity index is 0.00000107. The molecule has 1 atom stereocenters. The molecule has 3 aliphatic rings. The number of fused-ring (bicyclic) bond motifs is 2. The Hall–Kier alpha value is -2.37. The van der Waals surface area contributed by atoms with Crippen molar-refractivity contribution in [1.82, 2.24) is 9.80 Å². The highest BCUT2D eigenvalue weighted by molar-refractivity contribution is 5.58. The van der Waals surface area contributed by atoms with Crippen LogP contribution in [0.3, 0.4) is 0 Å². The predicted octanol–water partition coefficient (Wildman–Crippen LogP) is 2.53. The first-order valence-electron chi connectivity index (χ1n) is 11.4. The van der Waals surface area contributed by atoms with Gasteiger partial charge in [0.2, 0.25) is 0 Å². The Morgan fingerprint density at radius 1 is 1.06 bits per heavy atom. The number of nitrogens with two attached hydrogens (primary N) is 1. The van der Waals surface area contributed by atoms with Crippen LogP contribution >= 0.6 is 0 Å². The van der Waals surface area contributed by atoms with E-state index in [1.807, 2.05) is 0 Å². The molecule has 0 aromatic heterocycles. The van der Waals surface area contributed by atoms with E-state index in [9.17, 15) is 15.8 Å². The molecule has 0 aromatic carbocycles. The molecular formula is C24H36N6O. The van der Waals surface area contributed by atoms with Crippen molar-refractivity contribution < 1.29 is 5.11 Å². The van der Waals surface area contributed by atoms with E-state index in [1.165, 1.54) is 0 Å². The minimum Gasteiger partial charge on any atom is -0.399 e. The van der Waals surface area contributed by atoms with E-state index in [4.69, 9.17) is 10.8 Å². The third-order valence-electron chi connectivity index (χ3n) is 7.04. The standard InChI is InChI=1S/C22H30N6.C2H6O/c1-3-8-27-11-6-21(7-12-27)19-14-28(9-4-2)10-5-17(19)18(13-23)20(26)22(21,15-24)16-25;1-2-3/h5,19H,3-4,6-12,14,26H2,1-2H3;3H,2H2,1H3. The summed E-state index contributed by atoms with van der Waals surface area (Å²) in [5.41, 5.74) is 5.97. The predicted molar refractivity (Wildman–Crippen MR) is 120 cm³/mol. The molecule has 168 valence electrons. The van der Waals surface area contributed by atoms with Crippen molar-refractivity contribution in [3.8, 4) is 18.2 Å². The van der Waals surface area contributed by atoms with Crippen LogP contribution in [0.4, 0.5) is 0 Å². The zero-order valence-corrected chi connectivity index (χ0v) is 19.2. The molecule has 1 aliphatic carbocycles. The van der Waals surface area contributed by atoms with E-state index in [0.717, 1.165) is 70.5 Å². The Bertz CT molecular complexity index is 802. The van der Waals surface area contributed by atoms with Gasteiger partial charge in [-0.15, -0.1) is 0 Å². The molecule has 0 saturated carbocycles. The van der Waals surface area contributed by atoms with Crippen LogP contribution < -0.4 is 5.73 Å². The van der Waals surface area contributed by atoms with Gasteiger partial charge in [-0.25, -0.2) is 0 Å². The fourth-order valence-electron chi connectivity index (χ4n) is 5.63. The molecule has 2 aliphatic heterocycles. The molecule has 1 unspecified atom stereocenters. The van der Waals surface area contributed by atoms with Crippen molar-refractivity contribution in [2.45, 2.75) is 46.5 Å². The van der Waals surface area contributed by atoms with Crippen LogP contribution in [0.15, 0.2) is 22.9 Å². The maximum atomic E-state index is 10.2. The SMILES string of the molecule is CCCN1CCC2(CC1)C1CN(CCC)CC=C1C(C#N)=C(N)C2(C#N)C#N.CCO. The van der Waals surface area contributed by atoms with Crippen molar-refractivity contribution in [2.75, 3.05) is 45.9 Å². The summed E-state index contributed by atoms with van der Waals surface area (Å²) in [5.74, 6) is -0.00201. The highest BCUT2D eigenvalue weighted by Gasteiger charge is 2.64. The van der Waals surface area contributed by atoms with E-state index in [0.29, 0.717) is 5.57 Å². The lowest BCUT2D eigenvalue weighted by molar-refractivity contribution is -0.0106. The highest BCUT2D eigenvalue weighted by Crippen LogP contribution is 2.61. The zero-order valence-electron chi connectivity index (χ0n) is 19.2. The Labute approximate surface area is 187 Å². The van der Waals surface area contributed by atoms with E-state index in [2.05, 4.69) is 47.9 Å². The molecule has 0 aromatic rings. The summed E-state index contributed by atoms with van der Waals surface area (Å²) >= 11 is 0. The minimum atomic E-state index is -1.44. The molecule has 1 fully saturated rings. The maximum absolute atomic E-state index is 10.2. The van der Waals surface area contributed by atoms with E-state index >= 15 is 0 Å². The molecule has 0 radical (unpaired) electrons. The van der Waals surface area contributed by atoms with Crippen molar-refractivity contribution in [3.05, 3.63) is 22.9 Å². The lowest BCUT2D eigenvalue weighted by Crippen LogP contribution is -2.60. The second-order valence-electron chi connectivity index (χ2n) is 8.66. The monoisotopic (exact) mass is 424 g/mol. The summed E-state index contributed by atoms with van der Waals surface area (Å²) in [5, 5.41) is 37.8. The summed E-state index contributed by atoms with van der Waals surface area (Å²) in [6.07, 6.45) is 5.78. The number of piperidine rings is 1. The number of nitriles is 3. The number of allylic oxidation sites excluding steroid dienone is 2. The van der Waals surface area contributed by atoms with Crippen LogP contribution in [0.1, 0.15) is 46.5 Å². The topological polar surface area (TPSA) is 124 Å². The summed E-state index contributed by atoms with van der Waals surface area (Å²) in [4.78, 5) is 4.80. The van der Waals surface area contributed by atoms with Gasteiger partial charge in [0.25, 0.3) is 0 Å². The average Bonchev–Trinajstić information content (AvgIpc) is 2.78. The lowest BCUT2D eigenvalue weighted by Gasteiger charge is -2.57. The van der Waals surface area contributed by atoms with Gasteiger partial charge >= 0.3 is 0 Å². The van der Waals surface area contributed by atoms with Gasteiger partial charge in [-0.1, -0.05) is 19.9 Å². The fourth-order valence-corrected chi connectivity index (χ4v) is 5.63. The van der Waals surface area contributed by atoms with Gasteiger partial charge in [-0.3, -0.25) is 4.90 Å². The minimum absolute atomic E-state index is 0.00201. The first-order chi connectivity index (χ1) is 14.9. The third-order valence-corrected chi connectivity index (χ3v) is 7.04. The molecule has 0 amide bonds. The van der Waals surface area contributed by atoms with Crippen molar-refractivity contribution in [2.24, 2.45) is 22.5 Å². The van der Waals surface area contributed by atoms with Gasteiger partial charge in [0.15, 0.2) is 5.41 Å². The number of hydrogen-bond donors (Lipinski definition) is 2. The normalized spacial score (nSPS) is 24.7. The number of aliphatic hydroxyl groups excluding tert-OH is 1. The van der Waals surface area contributed by atoms with Crippen molar-refractivity contribution in [1.29, 1.82) is 15.8 Å². The number of rotatable bonds is 4. The second-order valence-corrected chi connectivity index (χ2v) is 8.66. The second kappa shape index (κ2) is 10.8. The molecule has 31 heavy (non-hydrogen) atoms. The lowest BCUT2D eigenvalue weighted by atomic mass is 9.47. The van der Waals surface area contributed by atoms with Crippen LogP contribution in [0.2, 0.25) is 0 Å². The van der Waals surface area contributed by atoms with Gasteiger partial charge in [0.1, 0.15) is 6.07 Å². The smallest absolute Gasteiger partial charge is 0.190 e. The van der Waals surface area contributed by atoms with E-state index < -0.39 is 10.8 Å². The van der Waals surface area contributed by atoms with E-state index in [-0.39, 0.29) is 18.2 Å². The Morgan fingerprint density at radius 3 is 2.10 bits per heavy atom. The van der Waals surface area contributed by atoms with Crippen LogP contribution in [0, 0.1) is 50.7 Å². The van der Waals surface area contributed by atoms with E-state index in [1.54, 1.807) is 6.92 Å². The van der Waals surface area contributed by atoms with Crippen molar-refractivity contribution in [3.63, 3.8) is 0 Å². The number of hydrogen-bond acceptors (Lipinski definition) is 7. The molecular weight excluding hydrogens is 388 g/mol. The molecule has 3 rings (SSSR count). The first kappa shape index (κ1) is 24.9.